The Hall–Kier alpha value is -17.5. The Morgan fingerprint density at radius 2 is 0.287 bits per heavy atom. The summed E-state index contributed by atoms with van der Waals surface area (Å²) >= 11 is 0. The predicted octanol–water partition coefficient (Wildman–Crippen LogP) is 34.8. The highest BCUT2D eigenvalue weighted by molar-refractivity contribution is 6.24. The first-order chi connectivity index (χ1) is 67.5. The van der Waals surface area contributed by atoms with Gasteiger partial charge in [-0.05, 0) is 229 Å². The largest absolute Gasteiger partial charge is 0.311 e. The number of para-hydroxylation sites is 3. The average Bonchev–Trinajstić information content (AvgIpc) is 1.73. The number of rotatable bonds is 17. The summed E-state index contributed by atoms with van der Waals surface area (Å²) in [6.07, 6.45) is 0. The molecule has 0 unspecified atom stereocenters. The molecule has 0 N–H and O–H groups in total. The highest BCUT2D eigenvalue weighted by Gasteiger charge is 2.49. The molecule has 0 atom stereocenters. The highest BCUT2D eigenvalue weighted by atomic mass is 15.2. The molecule has 0 aliphatic heterocycles. The minimum Gasteiger partial charge on any atom is -0.311 e. The van der Waals surface area contributed by atoms with Crippen molar-refractivity contribution in [2.24, 2.45) is 0 Å². The smallest absolute Gasteiger partial charge is 0.0713 e. The molecule has 3 aliphatic carbocycles. The Morgan fingerprint density at radius 1 is 0.118 bits per heavy atom. The second-order valence-electron chi connectivity index (χ2n) is 35.8. The molecule has 23 aromatic carbocycles. The van der Waals surface area contributed by atoms with Crippen LogP contribution in [0.2, 0.25) is 0 Å². The Labute approximate surface area is 794 Å². The summed E-state index contributed by atoms with van der Waals surface area (Å²) in [5, 5.41) is 9.64. The fourth-order valence-corrected chi connectivity index (χ4v) is 23.4. The average molecular weight is 1730 g/mol. The van der Waals surface area contributed by atoms with Crippen molar-refractivity contribution in [3.8, 4) is 55.6 Å². The van der Waals surface area contributed by atoms with E-state index in [1.165, 1.54) is 144 Å². The molecule has 638 valence electrons. The fraction of sp³-hybridized carbons (Fsp3) is 0.0226. The number of hydrogen-bond donors (Lipinski definition) is 0. The van der Waals surface area contributed by atoms with Crippen LogP contribution in [0.3, 0.4) is 0 Å². The van der Waals surface area contributed by atoms with Gasteiger partial charge in [0.25, 0.3) is 0 Å². The number of benzene rings is 23. The fourth-order valence-electron chi connectivity index (χ4n) is 23.4. The lowest BCUT2D eigenvalue weighted by Crippen LogP contribution is -2.28. The number of fused-ring (bicyclic) bond motifs is 13. The van der Waals surface area contributed by atoms with Crippen molar-refractivity contribution in [3.63, 3.8) is 0 Å². The first kappa shape index (κ1) is 80.6. The van der Waals surface area contributed by atoms with E-state index in [0.717, 1.165) is 72.7 Å². The van der Waals surface area contributed by atoms with Crippen LogP contribution in [0.4, 0.5) is 51.2 Å². The van der Waals surface area contributed by atoms with Crippen molar-refractivity contribution in [3.05, 3.63) is 619 Å². The van der Waals surface area contributed by atoms with Crippen molar-refractivity contribution in [1.29, 1.82) is 0 Å². The van der Waals surface area contributed by atoms with Gasteiger partial charge in [-0.2, -0.15) is 0 Å². The number of nitrogens with zero attached hydrogens (tertiary/aromatic N) is 3. The molecular formula is C133H91N3. The molecule has 0 bridgehead atoms. The third-order valence-electron chi connectivity index (χ3n) is 28.9. The third-order valence-corrected chi connectivity index (χ3v) is 28.9. The van der Waals surface area contributed by atoms with Gasteiger partial charge in [0.05, 0.1) is 27.6 Å². The lowest BCUT2D eigenvalue weighted by Gasteiger charge is -2.35. The van der Waals surface area contributed by atoms with Gasteiger partial charge >= 0.3 is 0 Å². The van der Waals surface area contributed by atoms with Gasteiger partial charge in [-0.25, -0.2) is 0 Å². The zero-order chi connectivity index (χ0) is 90.1. The molecular weight excluding hydrogens is 1640 g/mol. The quantitative estimate of drug-likeness (QED) is 0.0664. The maximum Gasteiger partial charge on any atom is 0.0713 e. The van der Waals surface area contributed by atoms with Crippen LogP contribution in [0.1, 0.15) is 66.8 Å². The van der Waals surface area contributed by atoms with E-state index < -0.39 is 16.2 Å². The topological polar surface area (TPSA) is 9.72 Å². The SMILES string of the molecule is c1ccc(-c2c3ccccc3c(-c3ccc(N(c4ccccc4)c4ccc(C5(c6ccccc6)c6ccccc6-c6ccccc65)cc4)cc3)c3ccccc23)cc1.c1ccc(N(c2ccc(C3(c4ccccc4)c4ccccc4-c4ccccc43)cc2)c2c3ccccc3c(N(c3ccccc3)c3ccc(C4(c5ccccc5)c5ccccc5-c5ccccc54)cc3)c3ccccc23)cc1. The van der Waals surface area contributed by atoms with Crippen molar-refractivity contribution in [2.75, 3.05) is 14.7 Å². The third kappa shape index (κ3) is 12.8. The van der Waals surface area contributed by atoms with Crippen LogP contribution >= 0.6 is 0 Å². The van der Waals surface area contributed by atoms with E-state index in [0.29, 0.717) is 0 Å². The molecule has 0 saturated heterocycles. The minimum atomic E-state index is -0.501. The summed E-state index contributed by atoms with van der Waals surface area (Å²) in [6, 6.07) is 203. The predicted molar refractivity (Wildman–Crippen MR) is 570 cm³/mol. The molecule has 23 aromatic rings. The summed E-state index contributed by atoms with van der Waals surface area (Å²) in [5.74, 6) is 0. The van der Waals surface area contributed by atoms with Crippen LogP contribution < -0.4 is 14.7 Å². The normalized spacial score (nSPS) is 13.0. The lowest BCUT2D eigenvalue weighted by atomic mass is 9.67. The molecule has 26 rings (SSSR count). The Balaban J connectivity index is 0.000000151. The zero-order valence-corrected chi connectivity index (χ0v) is 74.9. The van der Waals surface area contributed by atoms with E-state index in [1.807, 2.05) is 0 Å². The summed E-state index contributed by atoms with van der Waals surface area (Å²) in [6.45, 7) is 0. The monoisotopic (exact) mass is 1730 g/mol. The van der Waals surface area contributed by atoms with Crippen LogP contribution in [0, 0.1) is 0 Å². The highest BCUT2D eigenvalue weighted by Crippen LogP contribution is 2.62. The summed E-state index contributed by atoms with van der Waals surface area (Å²) in [7, 11) is 0. The number of hydrogen-bond acceptors (Lipinski definition) is 3. The first-order valence-electron chi connectivity index (χ1n) is 47.2. The molecule has 0 radical (unpaired) electrons. The van der Waals surface area contributed by atoms with Crippen molar-refractivity contribution < 1.29 is 0 Å². The van der Waals surface area contributed by atoms with E-state index in [9.17, 15) is 0 Å². The zero-order valence-electron chi connectivity index (χ0n) is 74.9. The molecule has 3 aliphatic rings. The van der Waals surface area contributed by atoms with Crippen molar-refractivity contribution in [1.82, 2.24) is 0 Å². The van der Waals surface area contributed by atoms with Crippen molar-refractivity contribution in [2.45, 2.75) is 16.2 Å². The van der Waals surface area contributed by atoms with Gasteiger partial charge in [0.2, 0.25) is 0 Å². The van der Waals surface area contributed by atoms with E-state index >= 15 is 0 Å². The molecule has 0 aromatic heterocycles. The van der Waals surface area contributed by atoms with Gasteiger partial charge in [0, 0.05) is 61.4 Å². The Kier molecular flexibility index (Phi) is 20.0. The maximum atomic E-state index is 2.48. The van der Waals surface area contributed by atoms with Gasteiger partial charge in [-0.3, -0.25) is 0 Å². The molecule has 136 heavy (non-hydrogen) atoms. The number of anilines is 9. The van der Waals surface area contributed by atoms with Gasteiger partial charge in [-0.1, -0.05) is 467 Å². The van der Waals surface area contributed by atoms with Crippen LogP contribution in [0.5, 0.6) is 0 Å². The second kappa shape index (κ2) is 33.7. The van der Waals surface area contributed by atoms with E-state index in [4.69, 9.17) is 0 Å². The summed E-state index contributed by atoms with van der Waals surface area (Å²) in [5.41, 5.74) is 36.5. The van der Waals surface area contributed by atoms with E-state index in [1.54, 1.807) is 0 Å². The maximum absolute atomic E-state index is 2.48. The molecule has 0 spiro atoms. The van der Waals surface area contributed by atoms with Crippen LogP contribution in [-0.4, -0.2) is 0 Å². The van der Waals surface area contributed by atoms with Gasteiger partial charge in [-0.15, -0.1) is 0 Å². The molecule has 0 amide bonds. The van der Waals surface area contributed by atoms with Crippen LogP contribution in [0.15, 0.2) is 552 Å². The first-order valence-corrected chi connectivity index (χ1v) is 47.2. The lowest BCUT2D eigenvalue weighted by molar-refractivity contribution is 0.768. The van der Waals surface area contributed by atoms with Gasteiger partial charge < -0.3 is 14.7 Å². The molecule has 0 heterocycles. The minimum absolute atomic E-state index is 0.437. The summed E-state index contributed by atoms with van der Waals surface area (Å²) < 4.78 is 0. The van der Waals surface area contributed by atoms with Crippen LogP contribution in [0.25, 0.3) is 98.7 Å². The van der Waals surface area contributed by atoms with E-state index in [-0.39, 0.29) is 0 Å². The molecule has 0 saturated carbocycles. The molecule has 3 heteroatoms. The van der Waals surface area contributed by atoms with Crippen molar-refractivity contribution >= 4 is 94.3 Å². The van der Waals surface area contributed by atoms with Crippen LogP contribution in [-0.2, 0) is 16.2 Å². The summed E-state index contributed by atoms with van der Waals surface area (Å²) in [4.78, 5) is 7.33. The Morgan fingerprint density at radius 3 is 0.544 bits per heavy atom. The Bertz CT molecular complexity index is 7880. The van der Waals surface area contributed by atoms with Gasteiger partial charge in [0.1, 0.15) is 0 Å². The molecule has 3 nitrogen and oxygen atoms in total. The van der Waals surface area contributed by atoms with Gasteiger partial charge in [0.15, 0.2) is 0 Å². The molecule has 0 fully saturated rings. The second-order valence-corrected chi connectivity index (χ2v) is 35.8. The standard InChI is InChI=1S/C76H52N2.C57H39N/c1-5-25-53(26-6-1)75(69-41-21-17-33-61(69)62-34-18-22-42-70(62)75)55-45-49-59(50-46-55)77(57-29-9-3-10-30-57)73-65-37-13-15-39-67(65)74(68-40-16-14-38-66(68)73)78(58-31-11-4-12-32-58)60-51-47-56(48-52-60)76(54-27-7-2-8-28-54)71-43-23-19-35-63(71)64-36-20-24-44-72(64)76;1-4-18-40(19-5-1)55-49-26-10-12-28-51(49)56(52-29-13-11-27-50(52)55)41-32-36-45(37-33-41)58(44-22-8-3-9-23-44)46-38-34-43(35-39-46)57(42-20-6-2-7-21-42)53-30-16-14-24-47(53)48-25-15-17-31-54(48)57/h1-52H;1-39H. The van der Waals surface area contributed by atoms with E-state index in [2.05, 4.69) is 567 Å².